The summed E-state index contributed by atoms with van der Waals surface area (Å²) in [4.78, 5) is 12.7. The molecule has 1 N–H and O–H groups in total. The van der Waals surface area contributed by atoms with Crippen LogP contribution in [0.5, 0.6) is 5.75 Å². The summed E-state index contributed by atoms with van der Waals surface area (Å²) >= 11 is 0. The standard InChI is InChI=1S/C20H17FN4O3/c21-15-6-8-18(9-7-15)28-13-17(26)12-25-20(27)19-14(10-22-25)11-24(23-19)16-4-2-1-3-5-16/h1-11,17,26H,12-13H2. The van der Waals surface area contributed by atoms with Gasteiger partial charge in [-0.25, -0.2) is 13.8 Å². The molecule has 2 aromatic carbocycles. The molecule has 1 unspecified atom stereocenters. The molecule has 0 aliphatic heterocycles. The van der Waals surface area contributed by atoms with Gasteiger partial charge in [0.25, 0.3) is 5.56 Å². The van der Waals surface area contributed by atoms with Crippen molar-refractivity contribution in [1.29, 1.82) is 0 Å². The maximum Gasteiger partial charge on any atom is 0.295 e. The molecule has 0 spiro atoms. The van der Waals surface area contributed by atoms with Gasteiger partial charge >= 0.3 is 0 Å². The molecule has 0 saturated carbocycles. The Morgan fingerprint density at radius 3 is 2.61 bits per heavy atom. The molecule has 8 heteroatoms. The Balaban J connectivity index is 1.50. The van der Waals surface area contributed by atoms with E-state index >= 15 is 0 Å². The number of benzene rings is 2. The molecule has 0 fully saturated rings. The van der Waals surface area contributed by atoms with Crippen LogP contribution in [0.4, 0.5) is 4.39 Å². The summed E-state index contributed by atoms with van der Waals surface area (Å²) in [5.74, 6) is 0.0599. The second-order valence-electron chi connectivity index (χ2n) is 6.26. The Morgan fingerprint density at radius 2 is 1.86 bits per heavy atom. The first-order valence-corrected chi connectivity index (χ1v) is 8.67. The number of halogens is 1. The van der Waals surface area contributed by atoms with Crippen molar-refractivity contribution in [2.75, 3.05) is 6.61 Å². The minimum absolute atomic E-state index is 0.0475. The highest BCUT2D eigenvalue weighted by molar-refractivity contribution is 5.76. The van der Waals surface area contributed by atoms with Gasteiger partial charge in [0.15, 0.2) is 5.52 Å². The Hall–Kier alpha value is -3.52. The maximum atomic E-state index is 12.9. The fourth-order valence-electron chi connectivity index (χ4n) is 2.77. The smallest absolute Gasteiger partial charge is 0.295 e. The van der Waals surface area contributed by atoms with Gasteiger partial charge in [0.2, 0.25) is 0 Å². The molecule has 2 aromatic heterocycles. The molecule has 0 amide bonds. The van der Waals surface area contributed by atoms with Gasteiger partial charge in [-0.3, -0.25) is 4.79 Å². The largest absolute Gasteiger partial charge is 0.491 e. The quantitative estimate of drug-likeness (QED) is 0.554. The number of hydrogen-bond acceptors (Lipinski definition) is 5. The van der Waals surface area contributed by atoms with E-state index in [0.29, 0.717) is 11.1 Å². The lowest BCUT2D eigenvalue weighted by Gasteiger charge is -2.13. The van der Waals surface area contributed by atoms with Gasteiger partial charge in [0.1, 0.15) is 24.3 Å². The lowest BCUT2D eigenvalue weighted by molar-refractivity contribution is 0.0881. The van der Waals surface area contributed by atoms with E-state index in [2.05, 4.69) is 10.2 Å². The van der Waals surface area contributed by atoms with Gasteiger partial charge < -0.3 is 9.84 Å². The van der Waals surface area contributed by atoms with Gasteiger partial charge in [0.05, 0.1) is 18.4 Å². The molecule has 0 aliphatic rings. The lowest BCUT2D eigenvalue weighted by Crippen LogP contribution is -2.31. The number of para-hydroxylation sites is 1. The molecule has 0 bridgehead atoms. The van der Waals surface area contributed by atoms with E-state index in [1.165, 1.54) is 30.5 Å². The van der Waals surface area contributed by atoms with E-state index in [0.717, 1.165) is 10.4 Å². The zero-order chi connectivity index (χ0) is 19.5. The van der Waals surface area contributed by atoms with Crippen LogP contribution in [0.1, 0.15) is 0 Å². The zero-order valence-corrected chi connectivity index (χ0v) is 14.8. The number of hydrogen-bond donors (Lipinski definition) is 1. The Bertz CT molecular complexity index is 1140. The predicted octanol–water partition coefficient (Wildman–Crippen LogP) is 2.16. The molecule has 28 heavy (non-hydrogen) atoms. The van der Waals surface area contributed by atoms with Crippen molar-refractivity contribution >= 4 is 10.9 Å². The third-order valence-electron chi connectivity index (χ3n) is 4.18. The fraction of sp³-hybridized carbons (Fsp3) is 0.150. The van der Waals surface area contributed by atoms with Crippen molar-refractivity contribution in [3.63, 3.8) is 0 Å². The predicted molar refractivity (Wildman–Crippen MR) is 101 cm³/mol. The summed E-state index contributed by atoms with van der Waals surface area (Å²) in [5, 5.41) is 19.2. The molecule has 4 rings (SSSR count). The first-order chi connectivity index (χ1) is 13.6. The van der Waals surface area contributed by atoms with Crippen molar-refractivity contribution in [1.82, 2.24) is 19.6 Å². The molecule has 4 aromatic rings. The number of nitrogens with zero attached hydrogens (tertiary/aromatic N) is 4. The Morgan fingerprint density at radius 1 is 1.11 bits per heavy atom. The van der Waals surface area contributed by atoms with Crippen LogP contribution < -0.4 is 10.3 Å². The third kappa shape index (κ3) is 3.77. The van der Waals surface area contributed by atoms with Crippen LogP contribution in [0.2, 0.25) is 0 Å². The van der Waals surface area contributed by atoms with Crippen LogP contribution >= 0.6 is 0 Å². The minimum atomic E-state index is -0.969. The van der Waals surface area contributed by atoms with Crippen LogP contribution in [0.15, 0.2) is 71.8 Å². The zero-order valence-electron chi connectivity index (χ0n) is 14.8. The first-order valence-electron chi connectivity index (χ1n) is 8.67. The summed E-state index contributed by atoms with van der Waals surface area (Å²) < 4.78 is 21.1. The molecule has 0 radical (unpaired) electrons. The molecule has 1 atom stereocenters. The average Bonchev–Trinajstić information content (AvgIpc) is 3.16. The number of ether oxygens (including phenoxy) is 1. The summed E-state index contributed by atoms with van der Waals surface area (Å²) in [6.45, 7) is -0.107. The third-order valence-corrected chi connectivity index (χ3v) is 4.18. The van der Waals surface area contributed by atoms with Crippen molar-refractivity contribution in [3.05, 3.63) is 83.2 Å². The van der Waals surface area contributed by atoms with Gasteiger partial charge in [0, 0.05) is 11.6 Å². The first kappa shape index (κ1) is 17.9. The van der Waals surface area contributed by atoms with E-state index in [9.17, 15) is 14.3 Å². The molecule has 142 valence electrons. The SMILES string of the molecule is O=c1c2nn(-c3ccccc3)cc2cnn1CC(O)COc1ccc(F)cc1. The van der Waals surface area contributed by atoms with Crippen LogP contribution in [-0.2, 0) is 6.54 Å². The Kier molecular flexibility index (Phi) is 4.86. The summed E-state index contributed by atoms with van der Waals surface area (Å²) in [5.41, 5.74) is 0.705. The van der Waals surface area contributed by atoms with Crippen molar-refractivity contribution in [2.45, 2.75) is 12.6 Å². The second kappa shape index (κ2) is 7.61. The van der Waals surface area contributed by atoms with E-state index in [1.54, 1.807) is 10.9 Å². The van der Waals surface area contributed by atoms with Crippen molar-refractivity contribution in [2.24, 2.45) is 0 Å². The Labute approximate surface area is 159 Å². The van der Waals surface area contributed by atoms with E-state index in [1.807, 2.05) is 30.3 Å². The molecule has 7 nitrogen and oxygen atoms in total. The molecular formula is C20H17FN4O3. The van der Waals surface area contributed by atoms with Gasteiger partial charge in [-0.1, -0.05) is 18.2 Å². The average molecular weight is 380 g/mol. The highest BCUT2D eigenvalue weighted by atomic mass is 19.1. The molecule has 0 saturated heterocycles. The van der Waals surface area contributed by atoms with Gasteiger partial charge in [-0.05, 0) is 36.4 Å². The van der Waals surface area contributed by atoms with Crippen molar-refractivity contribution in [3.8, 4) is 11.4 Å². The van der Waals surface area contributed by atoms with Crippen LogP contribution in [0.3, 0.4) is 0 Å². The van der Waals surface area contributed by atoms with Crippen molar-refractivity contribution < 1.29 is 14.2 Å². The topological polar surface area (TPSA) is 82.2 Å². The fourth-order valence-corrected chi connectivity index (χ4v) is 2.77. The van der Waals surface area contributed by atoms with Crippen LogP contribution in [-0.4, -0.2) is 37.4 Å². The summed E-state index contributed by atoms with van der Waals surface area (Å²) in [7, 11) is 0. The molecular weight excluding hydrogens is 363 g/mol. The van der Waals surface area contributed by atoms with Gasteiger partial charge in [-0.15, -0.1) is 0 Å². The molecule has 0 aliphatic carbocycles. The number of aliphatic hydroxyl groups is 1. The second-order valence-corrected chi connectivity index (χ2v) is 6.26. The van der Waals surface area contributed by atoms with E-state index in [-0.39, 0.29) is 24.5 Å². The maximum absolute atomic E-state index is 12.9. The van der Waals surface area contributed by atoms with Crippen LogP contribution in [0, 0.1) is 5.82 Å². The number of aliphatic hydroxyl groups excluding tert-OH is 1. The number of aromatic nitrogens is 4. The highest BCUT2D eigenvalue weighted by Crippen LogP contribution is 2.13. The highest BCUT2D eigenvalue weighted by Gasteiger charge is 2.13. The number of fused-ring (bicyclic) bond motifs is 1. The minimum Gasteiger partial charge on any atom is -0.491 e. The summed E-state index contributed by atoms with van der Waals surface area (Å²) in [6.07, 6.45) is 2.30. The molecule has 2 heterocycles. The van der Waals surface area contributed by atoms with E-state index < -0.39 is 11.7 Å². The van der Waals surface area contributed by atoms with Gasteiger partial charge in [-0.2, -0.15) is 10.2 Å². The summed E-state index contributed by atoms with van der Waals surface area (Å²) in [6, 6.07) is 14.9. The monoisotopic (exact) mass is 380 g/mol. The number of rotatable bonds is 6. The lowest BCUT2D eigenvalue weighted by atomic mass is 10.3. The van der Waals surface area contributed by atoms with Crippen LogP contribution in [0.25, 0.3) is 16.6 Å². The van der Waals surface area contributed by atoms with E-state index in [4.69, 9.17) is 4.74 Å². The normalized spacial score (nSPS) is 12.2.